The van der Waals surface area contributed by atoms with Crippen molar-refractivity contribution >= 4 is 8.32 Å². The van der Waals surface area contributed by atoms with Crippen LogP contribution in [-0.2, 0) is 41.3 Å². The lowest BCUT2D eigenvalue weighted by Crippen LogP contribution is -2.58. The van der Waals surface area contributed by atoms with Crippen LogP contribution in [0, 0.1) is 0 Å². The zero-order chi connectivity index (χ0) is 30.5. The van der Waals surface area contributed by atoms with E-state index in [2.05, 4.69) is 58.1 Å². The normalized spacial score (nSPS) is 31.9. The number of hydrogen-bond donors (Lipinski definition) is 1. The van der Waals surface area contributed by atoms with E-state index in [9.17, 15) is 5.11 Å². The van der Waals surface area contributed by atoms with Gasteiger partial charge in [0, 0.05) is 25.9 Å². The Bertz CT molecular complexity index is 1120. The highest BCUT2D eigenvalue weighted by Crippen LogP contribution is 2.43. The number of ether oxygens (including phenoxy) is 5. The number of fused-ring (bicyclic) bond motifs is 1. The molecule has 3 heterocycles. The molecule has 0 saturated carbocycles. The summed E-state index contributed by atoms with van der Waals surface area (Å²) in [5.74, 6) is -1.28. The van der Waals surface area contributed by atoms with Gasteiger partial charge in [0.05, 0.1) is 50.3 Å². The van der Waals surface area contributed by atoms with Crippen LogP contribution in [0.25, 0.3) is 0 Å². The van der Waals surface area contributed by atoms with Crippen molar-refractivity contribution < 1.29 is 33.2 Å². The van der Waals surface area contributed by atoms with E-state index in [4.69, 9.17) is 28.1 Å². The topological polar surface area (TPSA) is 75.6 Å². The fourth-order valence-electron chi connectivity index (χ4n) is 6.15. The first-order valence-electron chi connectivity index (χ1n) is 16.1. The Labute approximate surface area is 259 Å². The lowest BCUT2D eigenvalue weighted by molar-refractivity contribution is -0.311. The van der Waals surface area contributed by atoms with Gasteiger partial charge < -0.3 is 33.2 Å². The maximum Gasteiger partial charge on any atom is 0.192 e. The summed E-state index contributed by atoms with van der Waals surface area (Å²) in [5, 5.41) is 11.8. The fraction of sp³-hybridized carbons (Fsp3) is 0.657. The summed E-state index contributed by atoms with van der Waals surface area (Å²) in [7, 11) is -2.17. The SMILES string of the molecule is CC(C)(C)[Si](C)(C)O[C@@H]1C[C@H](OCc2ccccc2)[C@@H](COCc2ccccc2)O[C@H]1CC1(O)CC[C@H]2OCCC[C@@H]2O1. The number of rotatable bonds is 11. The highest BCUT2D eigenvalue weighted by Gasteiger charge is 2.50. The number of aliphatic hydroxyl groups is 1. The van der Waals surface area contributed by atoms with E-state index in [-0.39, 0.29) is 41.7 Å². The Morgan fingerprint density at radius 1 is 0.884 bits per heavy atom. The maximum atomic E-state index is 11.8. The predicted octanol–water partition coefficient (Wildman–Crippen LogP) is 6.77. The summed E-state index contributed by atoms with van der Waals surface area (Å²) >= 11 is 0. The van der Waals surface area contributed by atoms with Crippen LogP contribution >= 0.6 is 0 Å². The largest absolute Gasteiger partial charge is 0.411 e. The van der Waals surface area contributed by atoms with Crippen molar-refractivity contribution in [2.24, 2.45) is 0 Å². The molecule has 238 valence electrons. The molecule has 3 aliphatic heterocycles. The molecule has 2 aromatic carbocycles. The lowest BCUT2D eigenvalue weighted by Gasteiger charge is -2.49. The van der Waals surface area contributed by atoms with Crippen LogP contribution in [0.3, 0.4) is 0 Å². The van der Waals surface area contributed by atoms with E-state index in [1.54, 1.807) is 0 Å². The minimum atomic E-state index is -2.17. The Balaban J connectivity index is 1.35. The minimum absolute atomic E-state index is 0.0263. The molecule has 0 radical (unpaired) electrons. The molecule has 3 fully saturated rings. The number of hydrogen-bond acceptors (Lipinski definition) is 7. The van der Waals surface area contributed by atoms with Gasteiger partial charge in [0.1, 0.15) is 6.10 Å². The van der Waals surface area contributed by atoms with Gasteiger partial charge in [-0.1, -0.05) is 81.4 Å². The van der Waals surface area contributed by atoms with Crippen LogP contribution in [0.1, 0.15) is 70.4 Å². The smallest absolute Gasteiger partial charge is 0.192 e. The van der Waals surface area contributed by atoms with Crippen molar-refractivity contribution in [3.05, 3.63) is 71.8 Å². The van der Waals surface area contributed by atoms with Gasteiger partial charge in [0.15, 0.2) is 14.1 Å². The molecule has 5 rings (SSSR count). The molecule has 3 aliphatic rings. The molecular formula is C35H52O7Si. The molecule has 43 heavy (non-hydrogen) atoms. The Hall–Kier alpha value is -1.62. The quantitative estimate of drug-likeness (QED) is 0.281. The molecule has 0 bridgehead atoms. The van der Waals surface area contributed by atoms with Crippen molar-refractivity contribution in [2.75, 3.05) is 13.2 Å². The van der Waals surface area contributed by atoms with Crippen LogP contribution in [0.5, 0.6) is 0 Å². The maximum absolute atomic E-state index is 11.8. The van der Waals surface area contributed by atoms with Crippen molar-refractivity contribution in [3.63, 3.8) is 0 Å². The highest BCUT2D eigenvalue weighted by molar-refractivity contribution is 6.74. The van der Waals surface area contributed by atoms with Crippen LogP contribution in [-0.4, -0.2) is 69.0 Å². The summed E-state index contributed by atoms with van der Waals surface area (Å²) in [4.78, 5) is 0. The van der Waals surface area contributed by atoms with Gasteiger partial charge in [-0.25, -0.2) is 0 Å². The van der Waals surface area contributed by atoms with E-state index in [0.717, 1.165) is 37.0 Å². The van der Waals surface area contributed by atoms with Gasteiger partial charge in [-0.3, -0.25) is 0 Å². The van der Waals surface area contributed by atoms with Crippen LogP contribution in [0.4, 0.5) is 0 Å². The molecule has 0 aromatic heterocycles. The minimum Gasteiger partial charge on any atom is -0.411 e. The molecule has 7 nitrogen and oxygen atoms in total. The van der Waals surface area contributed by atoms with Crippen LogP contribution < -0.4 is 0 Å². The van der Waals surface area contributed by atoms with Crippen molar-refractivity contribution in [2.45, 2.75) is 133 Å². The second kappa shape index (κ2) is 14.2. The monoisotopic (exact) mass is 612 g/mol. The molecule has 8 heteroatoms. The van der Waals surface area contributed by atoms with E-state index in [1.165, 1.54) is 0 Å². The first-order chi connectivity index (χ1) is 20.5. The van der Waals surface area contributed by atoms with E-state index in [1.807, 2.05) is 36.4 Å². The standard InChI is InChI=1S/C35H52O7Si/c1-34(2,3)43(4,5)42-31-21-30(39-24-27-15-10-7-11-16-27)33(25-37-23-26-13-8-6-9-14-26)40-32(31)22-35(36)19-18-28-29(41-35)17-12-20-38-28/h6-11,13-16,28-33,36H,12,17-25H2,1-5H3/t28-,29+,30+,31-,32+,33-,35?/m1/s1. The molecule has 0 spiro atoms. The summed E-state index contributed by atoms with van der Waals surface area (Å²) in [6.45, 7) is 13.4. The van der Waals surface area contributed by atoms with E-state index in [0.29, 0.717) is 39.1 Å². The first-order valence-corrected chi connectivity index (χ1v) is 19.0. The summed E-state index contributed by atoms with van der Waals surface area (Å²) < 4.78 is 39.0. The van der Waals surface area contributed by atoms with E-state index >= 15 is 0 Å². The van der Waals surface area contributed by atoms with Gasteiger partial charge in [-0.05, 0) is 48.5 Å². The molecule has 3 saturated heterocycles. The number of benzene rings is 2. The zero-order valence-electron chi connectivity index (χ0n) is 26.7. The van der Waals surface area contributed by atoms with Gasteiger partial charge in [0.2, 0.25) is 0 Å². The Kier molecular flexibility index (Phi) is 10.8. The van der Waals surface area contributed by atoms with Gasteiger partial charge in [0.25, 0.3) is 0 Å². The van der Waals surface area contributed by atoms with Crippen molar-refractivity contribution in [3.8, 4) is 0 Å². The molecular weight excluding hydrogens is 560 g/mol. The molecule has 0 aliphatic carbocycles. The Morgan fingerprint density at radius 2 is 1.56 bits per heavy atom. The van der Waals surface area contributed by atoms with Crippen molar-refractivity contribution in [1.29, 1.82) is 0 Å². The molecule has 2 aromatic rings. The van der Waals surface area contributed by atoms with Crippen molar-refractivity contribution in [1.82, 2.24) is 0 Å². The average molecular weight is 613 g/mol. The van der Waals surface area contributed by atoms with Gasteiger partial charge >= 0.3 is 0 Å². The van der Waals surface area contributed by atoms with E-state index < -0.39 is 14.1 Å². The third-order valence-electron chi connectivity index (χ3n) is 9.69. The highest BCUT2D eigenvalue weighted by atomic mass is 28.4. The molecule has 0 amide bonds. The third kappa shape index (κ3) is 8.76. The molecule has 7 atom stereocenters. The van der Waals surface area contributed by atoms with Gasteiger partial charge in [-0.15, -0.1) is 0 Å². The van der Waals surface area contributed by atoms with Gasteiger partial charge in [-0.2, -0.15) is 0 Å². The first kappa shape index (κ1) is 32.8. The summed E-state index contributed by atoms with van der Waals surface area (Å²) in [6.07, 6.45) is 3.03. The zero-order valence-corrected chi connectivity index (χ0v) is 27.7. The Morgan fingerprint density at radius 3 is 2.23 bits per heavy atom. The molecule has 1 N–H and O–H groups in total. The molecule has 1 unspecified atom stereocenters. The van der Waals surface area contributed by atoms with Crippen LogP contribution in [0.15, 0.2) is 60.7 Å². The predicted molar refractivity (Wildman–Crippen MR) is 169 cm³/mol. The fourth-order valence-corrected chi connectivity index (χ4v) is 7.51. The van der Waals surface area contributed by atoms with Crippen LogP contribution in [0.2, 0.25) is 18.1 Å². The summed E-state index contributed by atoms with van der Waals surface area (Å²) in [5.41, 5.74) is 2.23. The summed E-state index contributed by atoms with van der Waals surface area (Å²) in [6, 6.07) is 20.4. The second-order valence-electron chi connectivity index (χ2n) is 14.1. The third-order valence-corrected chi connectivity index (χ3v) is 14.2. The second-order valence-corrected chi connectivity index (χ2v) is 18.9. The average Bonchev–Trinajstić information content (AvgIpc) is 2.98. The lowest BCUT2D eigenvalue weighted by atomic mass is 9.88.